The molecule has 0 saturated heterocycles. The van der Waals surface area contributed by atoms with Gasteiger partial charge in [0, 0.05) is 42.7 Å². The summed E-state index contributed by atoms with van der Waals surface area (Å²) in [6.45, 7) is 5.66. The zero-order valence-corrected chi connectivity index (χ0v) is 18.9. The molecule has 0 bridgehead atoms. The largest absolute Gasteiger partial charge is 0.468 e. The Kier molecular flexibility index (Phi) is 6.53. The van der Waals surface area contributed by atoms with Gasteiger partial charge >= 0.3 is 11.9 Å². The summed E-state index contributed by atoms with van der Waals surface area (Å²) in [5, 5.41) is 3.25. The van der Waals surface area contributed by atoms with Gasteiger partial charge in [-0.2, -0.15) is 0 Å². The van der Waals surface area contributed by atoms with Crippen LogP contribution in [0.25, 0.3) is 0 Å². The maximum Gasteiger partial charge on any atom is 0.336 e. The quantitative estimate of drug-likeness (QED) is 0.572. The fourth-order valence-corrected chi connectivity index (χ4v) is 4.46. The number of hydrogen-bond donors (Lipinski definition) is 1. The Morgan fingerprint density at radius 1 is 1.19 bits per heavy atom. The predicted molar refractivity (Wildman–Crippen MR) is 117 cm³/mol. The number of carbonyl (C=O) groups is 3. The Morgan fingerprint density at radius 2 is 1.84 bits per heavy atom. The molecular weight excluding hydrogens is 396 g/mol. The molecule has 0 unspecified atom stereocenters. The third-order valence-corrected chi connectivity index (χ3v) is 5.98. The SMILES string of the molecule is CCOC(=O)C1=C(C)NC2=C(C(=O)[C@@H](C(=O)OC)[C@H](C)C2)[C@H]1c1ccc(N(C)C)cc1. The molecule has 166 valence electrons. The van der Waals surface area contributed by atoms with Gasteiger partial charge in [-0.3, -0.25) is 9.59 Å². The minimum atomic E-state index is -0.893. The van der Waals surface area contributed by atoms with Crippen LogP contribution in [0.3, 0.4) is 0 Å². The molecule has 0 spiro atoms. The second-order valence-electron chi connectivity index (χ2n) is 8.24. The van der Waals surface area contributed by atoms with E-state index >= 15 is 0 Å². The highest BCUT2D eigenvalue weighted by Crippen LogP contribution is 2.45. The fraction of sp³-hybridized carbons (Fsp3) is 0.458. The van der Waals surface area contributed by atoms with Gasteiger partial charge in [-0.25, -0.2) is 4.79 Å². The smallest absolute Gasteiger partial charge is 0.336 e. The molecule has 1 aromatic rings. The maximum atomic E-state index is 13.6. The first-order valence-electron chi connectivity index (χ1n) is 10.5. The standard InChI is InChI=1S/C24H30N2O5/c1-7-31-24(29)19-14(3)25-17-12-13(2)18(23(28)30-6)22(27)21(17)20(19)15-8-10-16(11-9-15)26(4)5/h8-11,13,18,20,25H,7,12H2,1-6H3/t13-,18+,20+/m1/s1. The minimum Gasteiger partial charge on any atom is -0.468 e. The Bertz CT molecular complexity index is 959. The van der Waals surface area contributed by atoms with Crippen LogP contribution < -0.4 is 10.2 Å². The van der Waals surface area contributed by atoms with Crippen LogP contribution in [0.4, 0.5) is 5.69 Å². The molecule has 7 nitrogen and oxygen atoms in total. The van der Waals surface area contributed by atoms with E-state index in [4.69, 9.17) is 9.47 Å². The van der Waals surface area contributed by atoms with E-state index in [0.29, 0.717) is 23.3 Å². The fourth-order valence-electron chi connectivity index (χ4n) is 4.46. The van der Waals surface area contributed by atoms with Crippen molar-refractivity contribution in [2.24, 2.45) is 11.8 Å². The highest BCUT2D eigenvalue weighted by Gasteiger charge is 2.47. The molecule has 1 N–H and O–H groups in total. The summed E-state index contributed by atoms with van der Waals surface area (Å²) in [5.41, 5.74) is 4.06. The molecule has 31 heavy (non-hydrogen) atoms. The van der Waals surface area contributed by atoms with E-state index < -0.39 is 23.8 Å². The number of ketones is 1. The molecular formula is C24H30N2O5. The molecule has 1 aliphatic heterocycles. The van der Waals surface area contributed by atoms with E-state index in [1.165, 1.54) is 7.11 Å². The lowest BCUT2D eigenvalue weighted by Gasteiger charge is -2.38. The first-order chi connectivity index (χ1) is 14.7. The lowest BCUT2D eigenvalue weighted by atomic mass is 9.69. The monoisotopic (exact) mass is 426 g/mol. The number of ether oxygens (including phenoxy) is 2. The highest BCUT2D eigenvalue weighted by molar-refractivity contribution is 6.12. The first kappa shape index (κ1) is 22.6. The topological polar surface area (TPSA) is 84.9 Å². The molecule has 0 saturated carbocycles. The van der Waals surface area contributed by atoms with E-state index in [9.17, 15) is 14.4 Å². The van der Waals surface area contributed by atoms with Crippen molar-refractivity contribution < 1.29 is 23.9 Å². The van der Waals surface area contributed by atoms with Crippen molar-refractivity contribution >= 4 is 23.4 Å². The first-order valence-corrected chi connectivity index (χ1v) is 10.5. The number of nitrogens with zero attached hydrogens (tertiary/aromatic N) is 1. The van der Waals surface area contributed by atoms with Crippen LogP contribution in [-0.4, -0.2) is 45.5 Å². The number of esters is 2. The number of carbonyl (C=O) groups excluding carboxylic acids is 3. The van der Waals surface area contributed by atoms with Crippen molar-refractivity contribution in [3.8, 4) is 0 Å². The average molecular weight is 427 g/mol. The van der Waals surface area contributed by atoms with E-state index in [2.05, 4.69) is 5.32 Å². The lowest BCUT2D eigenvalue weighted by molar-refractivity contribution is -0.151. The lowest BCUT2D eigenvalue weighted by Crippen LogP contribution is -2.43. The molecule has 0 radical (unpaired) electrons. The second kappa shape index (κ2) is 8.96. The zero-order chi connectivity index (χ0) is 22.9. The third kappa shape index (κ3) is 4.09. The Morgan fingerprint density at radius 3 is 2.39 bits per heavy atom. The molecule has 0 amide bonds. The Labute approximate surface area is 183 Å². The van der Waals surface area contributed by atoms with Crippen LogP contribution in [-0.2, 0) is 23.9 Å². The summed E-state index contributed by atoms with van der Waals surface area (Å²) in [4.78, 5) is 40.9. The normalized spacial score (nSPS) is 23.2. The summed E-state index contributed by atoms with van der Waals surface area (Å²) in [5.74, 6) is -3.03. The van der Waals surface area contributed by atoms with E-state index in [-0.39, 0.29) is 18.3 Å². The van der Waals surface area contributed by atoms with Gasteiger partial charge in [0.2, 0.25) is 0 Å². The number of dihydropyridines is 1. The molecule has 1 heterocycles. The van der Waals surface area contributed by atoms with Gasteiger partial charge in [0.05, 0.1) is 19.3 Å². The van der Waals surface area contributed by atoms with Crippen LogP contribution in [0.15, 0.2) is 46.8 Å². The molecule has 1 aliphatic carbocycles. The summed E-state index contributed by atoms with van der Waals surface area (Å²) in [6, 6.07) is 7.73. The number of nitrogens with one attached hydrogen (secondary N) is 1. The highest BCUT2D eigenvalue weighted by atomic mass is 16.5. The Hall–Kier alpha value is -3.09. The maximum absolute atomic E-state index is 13.6. The summed E-state index contributed by atoms with van der Waals surface area (Å²) < 4.78 is 10.2. The zero-order valence-electron chi connectivity index (χ0n) is 18.9. The summed E-state index contributed by atoms with van der Waals surface area (Å²) in [6.07, 6.45) is 0.514. The number of anilines is 1. The van der Waals surface area contributed by atoms with Gasteiger partial charge in [-0.15, -0.1) is 0 Å². The van der Waals surface area contributed by atoms with Gasteiger partial charge < -0.3 is 19.7 Å². The van der Waals surface area contributed by atoms with Crippen molar-refractivity contribution in [1.29, 1.82) is 0 Å². The number of methoxy groups -OCH3 is 1. The van der Waals surface area contributed by atoms with Crippen molar-refractivity contribution in [2.75, 3.05) is 32.7 Å². The number of allylic oxidation sites excluding steroid dienone is 3. The van der Waals surface area contributed by atoms with Crippen molar-refractivity contribution in [1.82, 2.24) is 5.32 Å². The van der Waals surface area contributed by atoms with Crippen molar-refractivity contribution in [3.05, 3.63) is 52.4 Å². The number of rotatable bonds is 5. The minimum absolute atomic E-state index is 0.208. The number of benzene rings is 1. The second-order valence-corrected chi connectivity index (χ2v) is 8.24. The molecule has 3 rings (SSSR count). The third-order valence-electron chi connectivity index (χ3n) is 5.98. The van der Waals surface area contributed by atoms with Gasteiger partial charge in [0.25, 0.3) is 0 Å². The van der Waals surface area contributed by atoms with Gasteiger partial charge in [0.15, 0.2) is 5.78 Å². The molecule has 7 heteroatoms. The number of hydrogen-bond acceptors (Lipinski definition) is 7. The van der Waals surface area contributed by atoms with Gasteiger partial charge in [-0.05, 0) is 43.9 Å². The molecule has 2 aliphatic rings. The molecule has 0 aromatic heterocycles. The number of Topliss-reactive ketones (excluding diaryl/α,β-unsaturated/α-hetero) is 1. The van der Waals surface area contributed by atoms with Crippen LogP contribution in [0.1, 0.15) is 38.7 Å². The summed E-state index contributed by atoms with van der Waals surface area (Å²) >= 11 is 0. The van der Waals surface area contributed by atoms with Crippen LogP contribution in [0.2, 0.25) is 0 Å². The predicted octanol–water partition coefficient (Wildman–Crippen LogP) is 2.93. The average Bonchev–Trinajstić information content (AvgIpc) is 2.72. The van der Waals surface area contributed by atoms with Crippen LogP contribution in [0.5, 0.6) is 0 Å². The Balaban J connectivity index is 2.17. The van der Waals surface area contributed by atoms with Gasteiger partial charge in [-0.1, -0.05) is 19.1 Å². The molecule has 3 atom stereocenters. The van der Waals surface area contributed by atoms with Crippen molar-refractivity contribution in [3.63, 3.8) is 0 Å². The van der Waals surface area contributed by atoms with Gasteiger partial charge in [0.1, 0.15) is 5.92 Å². The van der Waals surface area contributed by atoms with Crippen molar-refractivity contribution in [2.45, 2.75) is 33.1 Å². The van der Waals surface area contributed by atoms with Crippen LogP contribution >= 0.6 is 0 Å². The van der Waals surface area contributed by atoms with E-state index in [0.717, 1.165) is 16.9 Å². The van der Waals surface area contributed by atoms with E-state index in [1.807, 2.05) is 57.1 Å². The van der Waals surface area contributed by atoms with Crippen LogP contribution in [0, 0.1) is 11.8 Å². The summed E-state index contributed by atoms with van der Waals surface area (Å²) in [7, 11) is 5.18. The molecule has 0 fully saturated rings. The van der Waals surface area contributed by atoms with E-state index in [1.54, 1.807) is 6.92 Å². The molecule has 1 aromatic carbocycles.